The molecular formula is C45H67N16O9P. The van der Waals surface area contributed by atoms with Gasteiger partial charge >= 0.3 is 0 Å². The van der Waals surface area contributed by atoms with Gasteiger partial charge in [-0.25, -0.2) is 51.1 Å². The number of aliphatic hydroxyl groups is 1. The molecule has 6 saturated heterocycles. The number of hydrogen-bond acceptors (Lipinski definition) is 20. The third-order valence-corrected chi connectivity index (χ3v) is 15.2. The van der Waals surface area contributed by atoms with Crippen molar-refractivity contribution in [2.24, 2.45) is 9.98 Å². The largest absolute Gasteiger partial charge is 0.387 e. The number of aromatic nitrogens is 8. The van der Waals surface area contributed by atoms with E-state index in [1.54, 1.807) is 29.9 Å². The van der Waals surface area contributed by atoms with E-state index in [9.17, 15) is 5.11 Å². The standard InChI is InChI=1S/C27H42N9O5P.C18H25N7O4/c1-19(2)36(20(3)4)42(39-11-8-28-5)41-23-22-26(40-27(23,15-38-22)14-34-9-12-37-13-10-34)35-18-31-21-24(32-17-33(6)7)29-16-30-25(21)35;1-23(2)10-22-15-12-16(20-9-19-15)25(11-21-12)17-13-14(26)18(29-17,8-28-13)7-24-3-5-27-6-4-24/h16-20,22-23,26H,8-15H2,1-4,6-7H3;9-11,13-14,17,26H,3-8H2,1-2H3/t22-,23?,26+,27-,42?;13-,14?,17+,18-/m00/s1. The normalized spacial score (nSPS) is 29.4. The molecule has 0 aliphatic carbocycles. The van der Waals surface area contributed by atoms with Gasteiger partial charge in [-0.15, -0.1) is 0 Å². The molecule has 1 N–H and O–H groups in total. The van der Waals surface area contributed by atoms with E-state index in [2.05, 4.69) is 86.9 Å². The molecule has 25 nitrogen and oxygen atoms in total. The van der Waals surface area contributed by atoms with Gasteiger partial charge in [0.15, 0.2) is 46.4 Å². The number of imidazole rings is 2. The summed E-state index contributed by atoms with van der Waals surface area (Å²) in [5.74, 6) is 0.962. The molecule has 6 aliphatic heterocycles. The maximum absolute atomic E-state index is 10.9. The van der Waals surface area contributed by atoms with Gasteiger partial charge in [-0.1, -0.05) is 0 Å². The van der Waals surface area contributed by atoms with E-state index < -0.39 is 56.6 Å². The molecule has 0 saturated carbocycles. The molecule has 3 unspecified atom stereocenters. The zero-order valence-corrected chi connectivity index (χ0v) is 42.7. The van der Waals surface area contributed by atoms with E-state index in [1.165, 1.54) is 12.7 Å². The van der Waals surface area contributed by atoms with Crippen LogP contribution in [0.4, 0.5) is 11.6 Å². The number of fused-ring (bicyclic) bond motifs is 6. The van der Waals surface area contributed by atoms with Crippen LogP contribution in [0.25, 0.3) is 27.2 Å². The summed E-state index contributed by atoms with van der Waals surface area (Å²) in [5, 5.41) is 10.9. The first-order valence-electron chi connectivity index (χ1n) is 24.2. The van der Waals surface area contributed by atoms with Crippen molar-refractivity contribution in [3.05, 3.63) is 36.7 Å². The van der Waals surface area contributed by atoms with Gasteiger partial charge in [-0.05, 0) is 27.7 Å². The van der Waals surface area contributed by atoms with Crippen molar-refractivity contribution < 1.29 is 42.6 Å². The molecule has 10 heterocycles. The Hall–Kier alpha value is -4.52. The molecule has 26 heteroatoms. The Labute approximate surface area is 414 Å². The first-order valence-corrected chi connectivity index (χ1v) is 25.3. The Morgan fingerprint density at radius 3 is 1.77 bits per heavy atom. The molecule has 10 rings (SSSR count). The third-order valence-electron chi connectivity index (χ3n) is 13.1. The van der Waals surface area contributed by atoms with Crippen LogP contribution in [-0.2, 0) is 37.5 Å². The topological polar surface area (TPSA) is 227 Å². The molecule has 9 atom stereocenters. The Morgan fingerprint density at radius 2 is 1.25 bits per heavy atom. The number of aliphatic imine (C=N–C) groups is 2. The zero-order chi connectivity index (χ0) is 49.9. The van der Waals surface area contributed by atoms with Gasteiger partial charge in [0.25, 0.3) is 8.53 Å². The molecule has 0 radical (unpaired) electrons. The smallest absolute Gasteiger partial charge is 0.259 e. The lowest BCUT2D eigenvalue weighted by Gasteiger charge is -2.40. The molecule has 4 aromatic heterocycles. The fraction of sp³-hybridized carbons (Fsp3) is 0.711. The Bertz CT molecular complexity index is 2510. The van der Waals surface area contributed by atoms with Crippen molar-refractivity contribution in [3.63, 3.8) is 0 Å². The van der Waals surface area contributed by atoms with Crippen LogP contribution >= 0.6 is 8.53 Å². The van der Waals surface area contributed by atoms with E-state index in [1.807, 2.05) is 42.6 Å². The minimum Gasteiger partial charge on any atom is -0.387 e. The summed E-state index contributed by atoms with van der Waals surface area (Å²) in [6.07, 6.45) is 6.58. The summed E-state index contributed by atoms with van der Waals surface area (Å²) in [5.41, 5.74) is 0.860. The first kappa shape index (κ1) is 51.4. The highest BCUT2D eigenvalue weighted by Crippen LogP contribution is 2.56. The predicted molar refractivity (Wildman–Crippen MR) is 261 cm³/mol. The predicted octanol–water partition coefficient (Wildman–Crippen LogP) is 2.12. The van der Waals surface area contributed by atoms with Crippen molar-refractivity contribution in [1.29, 1.82) is 0 Å². The maximum Gasteiger partial charge on any atom is 0.259 e. The van der Waals surface area contributed by atoms with Crippen LogP contribution in [0.5, 0.6) is 0 Å². The fourth-order valence-electron chi connectivity index (χ4n) is 9.89. The van der Waals surface area contributed by atoms with Crippen LogP contribution in [-0.4, -0.2) is 249 Å². The highest BCUT2D eigenvalue weighted by molar-refractivity contribution is 7.44. The van der Waals surface area contributed by atoms with Gasteiger partial charge < -0.3 is 57.2 Å². The molecule has 6 aliphatic rings. The van der Waals surface area contributed by atoms with Crippen molar-refractivity contribution >= 4 is 55.2 Å². The van der Waals surface area contributed by atoms with Gasteiger partial charge in [0.05, 0.1) is 65.0 Å². The number of hydrogen-bond donors (Lipinski definition) is 1. The Balaban J connectivity index is 0.000000187. The number of morpholine rings is 2. The number of ether oxygens (including phenoxy) is 6. The summed E-state index contributed by atoms with van der Waals surface area (Å²) in [6, 6.07) is 0.345. The van der Waals surface area contributed by atoms with Crippen molar-refractivity contribution in [3.8, 4) is 0 Å². The monoisotopic (exact) mass is 1010 g/mol. The van der Waals surface area contributed by atoms with Gasteiger partial charge in [-0.2, -0.15) is 0 Å². The van der Waals surface area contributed by atoms with Gasteiger partial charge in [0.1, 0.15) is 54.9 Å². The van der Waals surface area contributed by atoms with Gasteiger partial charge in [0.2, 0.25) is 6.54 Å². The molecule has 4 bridgehead atoms. The number of nitrogens with zero attached hydrogens (tertiary/aromatic N) is 16. The SMILES string of the molecule is CN(C)C=Nc1ncnc2c1ncn2[C@@H]1O[C@@]2(CN3CCOCC3)CO[C@H]1C2O.[C-]#[N+]CCOP(OC1[C@@H]2OC[C@]1(CN1CCOCC1)O[C@H]2n1cnc2c(N=CN(C)C)ncnc21)N(C(C)C)C(C)C. The number of aliphatic hydroxyl groups excluding tert-OH is 1. The quantitative estimate of drug-likeness (QED) is 0.0495. The summed E-state index contributed by atoms with van der Waals surface area (Å²) < 4.78 is 56.0. The molecular weight excluding hydrogens is 940 g/mol. The van der Waals surface area contributed by atoms with E-state index >= 15 is 0 Å². The Morgan fingerprint density at radius 1 is 0.761 bits per heavy atom. The van der Waals surface area contributed by atoms with Crippen LogP contribution in [0.3, 0.4) is 0 Å². The molecule has 4 aromatic rings. The van der Waals surface area contributed by atoms with Gasteiger partial charge in [0, 0.05) is 79.5 Å². The van der Waals surface area contributed by atoms with Crippen molar-refractivity contribution in [2.75, 3.05) is 120 Å². The van der Waals surface area contributed by atoms with Crippen LogP contribution in [0.15, 0.2) is 35.3 Å². The Kier molecular flexibility index (Phi) is 16.1. The number of rotatable bonds is 18. The van der Waals surface area contributed by atoms with Crippen LogP contribution in [0.1, 0.15) is 40.2 Å². The zero-order valence-electron chi connectivity index (χ0n) is 41.8. The molecule has 6 fully saturated rings. The van der Waals surface area contributed by atoms with Crippen LogP contribution < -0.4 is 0 Å². The maximum atomic E-state index is 10.9. The summed E-state index contributed by atoms with van der Waals surface area (Å²) in [4.78, 5) is 47.1. The minimum absolute atomic E-state index is 0.173. The molecule has 386 valence electrons. The third kappa shape index (κ3) is 10.8. The second-order valence-electron chi connectivity index (χ2n) is 19.4. The average molecular weight is 1010 g/mol. The second-order valence-corrected chi connectivity index (χ2v) is 20.8. The first-order chi connectivity index (χ1) is 34.3. The van der Waals surface area contributed by atoms with E-state index in [4.69, 9.17) is 44.0 Å². The fourth-order valence-corrected chi connectivity index (χ4v) is 11.7. The molecule has 0 amide bonds. The summed E-state index contributed by atoms with van der Waals surface area (Å²) >= 11 is 0. The van der Waals surface area contributed by atoms with Crippen molar-refractivity contribution in [1.82, 2.24) is 63.3 Å². The second kappa shape index (κ2) is 22.3. The highest BCUT2D eigenvalue weighted by atomic mass is 31.2. The molecule has 0 aromatic carbocycles. The molecule has 0 spiro atoms. The van der Waals surface area contributed by atoms with E-state index in [0.717, 1.165) is 26.2 Å². The van der Waals surface area contributed by atoms with Gasteiger partial charge in [-0.3, -0.25) is 18.9 Å². The van der Waals surface area contributed by atoms with E-state index in [0.29, 0.717) is 93.3 Å². The lowest BCUT2D eigenvalue weighted by atomic mass is 9.98. The minimum atomic E-state index is -1.51. The van der Waals surface area contributed by atoms with Crippen molar-refractivity contribution in [2.45, 2.75) is 87.9 Å². The average Bonchev–Trinajstić information content (AvgIpc) is 4.21. The summed E-state index contributed by atoms with van der Waals surface area (Å²) in [7, 11) is 6.06. The summed E-state index contributed by atoms with van der Waals surface area (Å²) in [6.45, 7) is 24.3. The van der Waals surface area contributed by atoms with Crippen LogP contribution in [0, 0.1) is 6.57 Å². The van der Waals surface area contributed by atoms with Crippen LogP contribution in [0.2, 0.25) is 0 Å². The molecule has 71 heavy (non-hydrogen) atoms. The van der Waals surface area contributed by atoms with E-state index in [-0.39, 0.29) is 18.6 Å². The highest BCUT2D eigenvalue weighted by Gasteiger charge is 2.65. The lowest BCUT2D eigenvalue weighted by molar-refractivity contribution is -0.181. The lowest BCUT2D eigenvalue weighted by Crippen LogP contribution is -2.53.